The summed E-state index contributed by atoms with van der Waals surface area (Å²) in [5.74, 6) is 0.403. The standard InChI is InChI=1S/C16H16FN3S/c1-12-7-8-15(17)14(9-12)10-19-20-16(18)21-11-13-5-3-2-4-6-13/h2-10H,11H2,1H3,(H2,18,20). The van der Waals surface area contributed by atoms with Crippen LogP contribution in [-0.2, 0) is 5.75 Å². The predicted molar refractivity (Wildman–Crippen MR) is 88.1 cm³/mol. The van der Waals surface area contributed by atoms with E-state index in [-0.39, 0.29) is 5.82 Å². The van der Waals surface area contributed by atoms with Gasteiger partial charge in [0.1, 0.15) is 5.82 Å². The fourth-order valence-corrected chi connectivity index (χ4v) is 2.28. The quantitative estimate of drug-likeness (QED) is 0.531. The Morgan fingerprint density at radius 2 is 2.00 bits per heavy atom. The van der Waals surface area contributed by atoms with Crippen molar-refractivity contribution in [2.75, 3.05) is 0 Å². The third kappa shape index (κ3) is 5.04. The van der Waals surface area contributed by atoms with Crippen LogP contribution in [0.15, 0.2) is 58.7 Å². The minimum absolute atomic E-state index is 0.324. The van der Waals surface area contributed by atoms with Gasteiger partial charge in [-0.25, -0.2) is 4.39 Å². The molecule has 2 N–H and O–H groups in total. The first-order valence-corrected chi connectivity index (χ1v) is 7.43. The molecule has 0 unspecified atom stereocenters. The van der Waals surface area contributed by atoms with Crippen molar-refractivity contribution in [2.24, 2.45) is 15.9 Å². The molecule has 0 saturated heterocycles. The van der Waals surface area contributed by atoms with E-state index in [1.165, 1.54) is 24.0 Å². The smallest absolute Gasteiger partial charge is 0.180 e. The van der Waals surface area contributed by atoms with Gasteiger partial charge < -0.3 is 5.73 Å². The van der Waals surface area contributed by atoms with Crippen LogP contribution in [0.2, 0.25) is 0 Å². The fraction of sp³-hybridized carbons (Fsp3) is 0.125. The van der Waals surface area contributed by atoms with Crippen molar-refractivity contribution in [3.05, 3.63) is 71.0 Å². The third-order valence-corrected chi connectivity index (χ3v) is 3.59. The van der Waals surface area contributed by atoms with Crippen molar-refractivity contribution in [1.29, 1.82) is 0 Å². The van der Waals surface area contributed by atoms with Gasteiger partial charge in [-0.1, -0.05) is 53.7 Å². The fourth-order valence-electron chi connectivity index (χ4n) is 1.67. The van der Waals surface area contributed by atoms with Gasteiger partial charge in [-0.2, -0.15) is 5.10 Å². The molecule has 2 aromatic carbocycles. The van der Waals surface area contributed by atoms with Gasteiger partial charge in [0.05, 0.1) is 6.21 Å². The molecule has 3 nitrogen and oxygen atoms in total. The Hall–Kier alpha value is -2.14. The first kappa shape index (κ1) is 15.3. The third-order valence-electron chi connectivity index (χ3n) is 2.73. The van der Waals surface area contributed by atoms with Gasteiger partial charge in [0.15, 0.2) is 5.17 Å². The Morgan fingerprint density at radius 1 is 1.24 bits per heavy atom. The number of nitrogens with zero attached hydrogens (tertiary/aromatic N) is 2. The van der Waals surface area contributed by atoms with Crippen molar-refractivity contribution in [3.8, 4) is 0 Å². The number of halogens is 1. The first-order valence-electron chi connectivity index (χ1n) is 6.44. The van der Waals surface area contributed by atoms with E-state index < -0.39 is 0 Å². The molecule has 0 saturated carbocycles. The van der Waals surface area contributed by atoms with E-state index in [2.05, 4.69) is 10.2 Å². The summed E-state index contributed by atoms with van der Waals surface area (Å²) < 4.78 is 13.5. The molecule has 0 amide bonds. The van der Waals surface area contributed by atoms with Gasteiger partial charge in [0.25, 0.3) is 0 Å². The van der Waals surface area contributed by atoms with Crippen LogP contribution in [-0.4, -0.2) is 11.4 Å². The highest BCUT2D eigenvalue weighted by Gasteiger charge is 1.99. The predicted octanol–water partition coefficient (Wildman–Crippen LogP) is 3.72. The van der Waals surface area contributed by atoms with E-state index >= 15 is 0 Å². The first-order chi connectivity index (χ1) is 10.1. The molecule has 0 bridgehead atoms. The number of nitrogens with two attached hydrogens (primary N) is 1. The zero-order valence-corrected chi connectivity index (χ0v) is 12.5. The molecule has 2 aromatic rings. The molecule has 0 fully saturated rings. The Labute approximate surface area is 127 Å². The molecule has 0 aliphatic carbocycles. The van der Waals surface area contributed by atoms with Crippen molar-refractivity contribution in [2.45, 2.75) is 12.7 Å². The molecule has 0 atom stereocenters. The Bertz CT molecular complexity index is 654. The summed E-state index contributed by atoms with van der Waals surface area (Å²) in [5.41, 5.74) is 8.29. The van der Waals surface area contributed by atoms with Crippen molar-refractivity contribution < 1.29 is 4.39 Å². The zero-order valence-electron chi connectivity index (χ0n) is 11.7. The summed E-state index contributed by atoms with van der Waals surface area (Å²) in [5, 5.41) is 8.05. The van der Waals surface area contributed by atoms with E-state index in [0.29, 0.717) is 10.7 Å². The maximum absolute atomic E-state index is 13.5. The number of amidine groups is 1. The van der Waals surface area contributed by atoms with Crippen LogP contribution in [0, 0.1) is 12.7 Å². The van der Waals surface area contributed by atoms with E-state index in [1.54, 1.807) is 12.1 Å². The molecule has 0 aromatic heterocycles. The van der Waals surface area contributed by atoms with Crippen molar-refractivity contribution in [3.63, 3.8) is 0 Å². The molecule has 0 heterocycles. The summed E-state index contributed by atoms with van der Waals surface area (Å²) in [6.45, 7) is 1.89. The lowest BCUT2D eigenvalue weighted by molar-refractivity contribution is 0.625. The number of hydrogen-bond donors (Lipinski definition) is 1. The lowest BCUT2D eigenvalue weighted by Gasteiger charge is -1.99. The van der Waals surface area contributed by atoms with E-state index in [9.17, 15) is 4.39 Å². The normalized spacial score (nSPS) is 12.0. The Morgan fingerprint density at radius 3 is 2.76 bits per heavy atom. The van der Waals surface area contributed by atoms with E-state index in [4.69, 9.17) is 5.73 Å². The monoisotopic (exact) mass is 301 g/mol. The molecule has 0 radical (unpaired) electrons. The number of hydrogen-bond acceptors (Lipinski definition) is 3. The molecule has 5 heteroatoms. The van der Waals surface area contributed by atoms with Crippen LogP contribution in [0.1, 0.15) is 16.7 Å². The average molecular weight is 301 g/mol. The highest BCUT2D eigenvalue weighted by atomic mass is 32.2. The summed E-state index contributed by atoms with van der Waals surface area (Å²) in [6, 6.07) is 14.8. The van der Waals surface area contributed by atoms with Crippen LogP contribution in [0.4, 0.5) is 4.39 Å². The number of thioether (sulfide) groups is 1. The Kier molecular flexibility index (Phi) is 5.51. The second-order valence-electron chi connectivity index (χ2n) is 4.48. The largest absolute Gasteiger partial charge is 0.377 e. The lowest BCUT2D eigenvalue weighted by atomic mass is 10.1. The van der Waals surface area contributed by atoms with Crippen molar-refractivity contribution in [1.82, 2.24) is 0 Å². The lowest BCUT2D eigenvalue weighted by Crippen LogP contribution is -2.06. The van der Waals surface area contributed by atoms with Gasteiger partial charge in [0.2, 0.25) is 0 Å². The van der Waals surface area contributed by atoms with Gasteiger partial charge in [-0.05, 0) is 24.6 Å². The molecule has 0 aliphatic rings. The molecular formula is C16H16FN3S. The Balaban J connectivity index is 1.93. The van der Waals surface area contributed by atoms with Gasteiger partial charge in [-0.3, -0.25) is 0 Å². The van der Waals surface area contributed by atoms with Crippen LogP contribution < -0.4 is 5.73 Å². The van der Waals surface area contributed by atoms with Gasteiger partial charge in [-0.15, -0.1) is 5.10 Å². The minimum Gasteiger partial charge on any atom is -0.377 e. The van der Waals surface area contributed by atoms with Crippen molar-refractivity contribution >= 4 is 23.1 Å². The molecule has 2 rings (SSSR count). The van der Waals surface area contributed by atoms with Crippen LogP contribution >= 0.6 is 11.8 Å². The summed E-state index contributed by atoms with van der Waals surface area (Å²) in [6.07, 6.45) is 1.37. The zero-order chi connectivity index (χ0) is 15.1. The summed E-state index contributed by atoms with van der Waals surface area (Å²) in [4.78, 5) is 0. The minimum atomic E-state index is -0.324. The molecule has 0 spiro atoms. The number of rotatable bonds is 4. The average Bonchev–Trinajstić information content (AvgIpc) is 2.50. The van der Waals surface area contributed by atoms with Crippen LogP contribution in [0.5, 0.6) is 0 Å². The highest BCUT2D eigenvalue weighted by molar-refractivity contribution is 8.13. The maximum Gasteiger partial charge on any atom is 0.180 e. The number of aryl methyl sites for hydroxylation is 1. The SMILES string of the molecule is Cc1ccc(F)c(C=NN=C(N)SCc2ccccc2)c1. The van der Waals surface area contributed by atoms with E-state index in [1.807, 2.05) is 37.3 Å². The topological polar surface area (TPSA) is 50.7 Å². The summed E-state index contributed by atoms with van der Waals surface area (Å²) >= 11 is 1.39. The highest BCUT2D eigenvalue weighted by Crippen LogP contribution is 2.12. The maximum atomic E-state index is 13.5. The van der Waals surface area contributed by atoms with Gasteiger partial charge in [0, 0.05) is 11.3 Å². The van der Waals surface area contributed by atoms with Crippen LogP contribution in [0.25, 0.3) is 0 Å². The second-order valence-corrected chi connectivity index (χ2v) is 5.48. The summed E-state index contributed by atoms with van der Waals surface area (Å²) in [7, 11) is 0. The second kappa shape index (κ2) is 7.59. The molecule has 21 heavy (non-hydrogen) atoms. The molecule has 108 valence electrons. The van der Waals surface area contributed by atoms with E-state index in [0.717, 1.165) is 16.9 Å². The van der Waals surface area contributed by atoms with Gasteiger partial charge >= 0.3 is 0 Å². The number of benzene rings is 2. The molecular weight excluding hydrogens is 285 g/mol. The van der Waals surface area contributed by atoms with Crippen LogP contribution in [0.3, 0.4) is 0 Å². The molecule has 0 aliphatic heterocycles.